The third-order valence-corrected chi connectivity index (χ3v) is 3.77. The number of nitrogens with two attached hydrogens (primary N) is 1. The molecule has 2 rings (SSSR count). The second-order valence-corrected chi connectivity index (χ2v) is 4.92. The Morgan fingerprint density at radius 2 is 2.35 bits per heavy atom. The molecule has 1 saturated heterocycles. The smallest absolute Gasteiger partial charge is 0.0509 e. The standard InChI is InChI=1S/C14H22N2O/c1-10-12(4-3-5-14(10)15)8-16-11(2)13-6-7-17-9-13/h3-5,11,13,16H,6-9,15H2,1-2H3. The molecule has 1 aromatic carbocycles. The van der Waals surface area contributed by atoms with Crippen LogP contribution in [0.15, 0.2) is 18.2 Å². The summed E-state index contributed by atoms with van der Waals surface area (Å²) in [4.78, 5) is 0. The maximum Gasteiger partial charge on any atom is 0.0509 e. The van der Waals surface area contributed by atoms with Gasteiger partial charge in [-0.2, -0.15) is 0 Å². The Balaban J connectivity index is 1.90. The normalized spacial score (nSPS) is 21.6. The van der Waals surface area contributed by atoms with Crippen molar-refractivity contribution in [3.8, 4) is 0 Å². The monoisotopic (exact) mass is 234 g/mol. The number of benzene rings is 1. The molecular formula is C14H22N2O. The summed E-state index contributed by atoms with van der Waals surface area (Å²) in [6, 6.07) is 6.60. The quantitative estimate of drug-likeness (QED) is 0.784. The van der Waals surface area contributed by atoms with E-state index in [9.17, 15) is 0 Å². The van der Waals surface area contributed by atoms with Crippen molar-refractivity contribution < 1.29 is 4.74 Å². The van der Waals surface area contributed by atoms with Crippen molar-refractivity contribution in [2.24, 2.45) is 5.92 Å². The number of nitrogens with one attached hydrogen (secondary N) is 1. The fourth-order valence-electron chi connectivity index (χ4n) is 2.28. The molecule has 2 unspecified atom stereocenters. The van der Waals surface area contributed by atoms with Crippen molar-refractivity contribution >= 4 is 5.69 Å². The molecule has 0 spiro atoms. The van der Waals surface area contributed by atoms with E-state index in [-0.39, 0.29) is 0 Å². The van der Waals surface area contributed by atoms with Crippen molar-refractivity contribution in [3.63, 3.8) is 0 Å². The summed E-state index contributed by atoms with van der Waals surface area (Å²) in [5.74, 6) is 0.649. The number of ether oxygens (including phenoxy) is 1. The van der Waals surface area contributed by atoms with Crippen LogP contribution in [-0.4, -0.2) is 19.3 Å². The van der Waals surface area contributed by atoms with Gasteiger partial charge >= 0.3 is 0 Å². The number of hydrogen-bond donors (Lipinski definition) is 2. The summed E-state index contributed by atoms with van der Waals surface area (Å²) in [7, 11) is 0. The van der Waals surface area contributed by atoms with Crippen molar-refractivity contribution in [1.29, 1.82) is 0 Å². The Morgan fingerprint density at radius 3 is 3.06 bits per heavy atom. The predicted octanol–water partition coefficient (Wildman–Crippen LogP) is 2.09. The Kier molecular flexibility index (Phi) is 4.02. The van der Waals surface area contributed by atoms with Gasteiger partial charge in [-0.15, -0.1) is 0 Å². The summed E-state index contributed by atoms with van der Waals surface area (Å²) in [5, 5.41) is 3.57. The number of nitrogen functional groups attached to an aromatic ring is 1. The average Bonchev–Trinajstić information content (AvgIpc) is 2.84. The van der Waals surface area contributed by atoms with E-state index in [0.717, 1.165) is 25.4 Å². The first kappa shape index (κ1) is 12.4. The molecule has 0 aliphatic carbocycles. The fourth-order valence-corrected chi connectivity index (χ4v) is 2.28. The Hall–Kier alpha value is -1.06. The molecule has 0 aromatic heterocycles. The Morgan fingerprint density at radius 1 is 1.53 bits per heavy atom. The molecule has 1 aliphatic rings. The second-order valence-electron chi connectivity index (χ2n) is 4.92. The summed E-state index contributed by atoms with van der Waals surface area (Å²) in [6.45, 7) is 7.00. The summed E-state index contributed by atoms with van der Waals surface area (Å²) in [5.41, 5.74) is 9.25. The van der Waals surface area contributed by atoms with Crippen LogP contribution in [0.5, 0.6) is 0 Å². The van der Waals surface area contributed by atoms with Crippen LogP contribution in [0.1, 0.15) is 24.5 Å². The van der Waals surface area contributed by atoms with Gasteiger partial charge in [0.2, 0.25) is 0 Å². The van der Waals surface area contributed by atoms with Crippen LogP contribution < -0.4 is 11.1 Å². The van der Waals surface area contributed by atoms with Crippen LogP contribution in [0.2, 0.25) is 0 Å². The number of anilines is 1. The zero-order valence-electron chi connectivity index (χ0n) is 10.7. The molecule has 3 heteroatoms. The molecule has 3 nitrogen and oxygen atoms in total. The minimum Gasteiger partial charge on any atom is -0.399 e. The van der Waals surface area contributed by atoms with Gasteiger partial charge in [-0.05, 0) is 43.4 Å². The fraction of sp³-hybridized carbons (Fsp3) is 0.571. The van der Waals surface area contributed by atoms with Gasteiger partial charge in [-0.1, -0.05) is 12.1 Å². The zero-order chi connectivity index (χ0) is 12.3. The van der Waals surface area contributed by atoms with E-state index in [4.69, 9.17) is 10.5 Å². The lowest BCUT2D eigenvalue weighted by atomic mass is 10.00. The van der Waals surface area contributed by atoms with Crippen molar-refractivity contribution in [2.75, 3.05) is 18.9 Å². The molecule has 1 heterocycles. The third kappa shape index (κ3) is 2.99. The summed E-state index contributed by atoms with van der Waals surface area (Å²) >= 11 is 0. The van der Waals surface area contributed by atoms with Crippen LogP contribution in [0.3, 0.4) is 0 Å². The van der Waals surface area contributed by atoms with E-state index < -0.39 is 0 Å². The predicted molar refractivity (Wildman–Crippen MR) is 70.8 cm³/mol. The highest BCUT2D eigenvalue weighted by Gasteiger charge is 2.21. The number of hydrogen-bond acceptors (Lipinski definition) is 3. The van der Waals surface area contributed by atoms with Gasteiger partial charge in [-0.25, -0.2) is 0 Å². The molecule has 3 N–H and O–H groups in total. The van der Waals surface area contributed by atoms with E-state index in [1.165, 1.54) is 17.5 Å². The third-order valence-electron chi connectivity index (χ3n) is 3.77. The van der Waals surface area contributed by atoms with Crippen molar-refractivity contribution in [3.05, 3.63) is 29.3 Å². The van der Waals surface area contributed by atoms with Gasteiger partial charge in [-0.3, -0.25) is 0 Å². The molecule has 0 radical (unpaired) electrons. The second kappa shape index (κ2) is 5.52. The minimum atomic E-state index is 0.498. The van der Waals surface area contributed by atoms with Crippen LogP contribution >= 0.6 is 0 Å². The highest BCUT2D eigenvalue weighted by Crippen LogP contribution is 2.18. The molecule has 2 atom stereocenters. The van der Waals surface area contributed by atoms with Crippen LogP contribution in [0.25, 0.3) is 0 Å². The molecule has 17 heavy (non-hydrogen) atoms. The maximum atomic E-state index is 5.90. The van der Waals surface area contributed by atoms with Gasteiger partial charge in [0.05, 0.1) is 6.61 Å². The van der Waals surface area contributed by atoms with E-state index in [1.807, 2.05) is 12.1 Å². The summed E-state index contributed by atoms with van der Waals surface area (Å²) < 4.78 is 5.41. The first-order chi connectivity index (χ1) is 8.18. The van der Waals surface area contributed by atoms with Crippen molar-refractivity contribution in [1.82, 2.24) is 5.32 Å². The van der Waals surface area contributed by atoms with Gasteiger partial charge in [0.15, 0.2) is 0 Å². The van der Waals surface area contributed by atoms with Gasteiger partial charge in [0, 0.05) is 24.9 Å². The lowest BCUT2D eigenvalue weighted by molar-refractivity contribution is 0.178. The molecule has 0 bridgehead atoms. The SMILES string of the molecule is Cc1c(N)cccc1CNC(C)C1CCOC1. The summed E-state index contributed by atoms with van der Waals surface area (Å²) in [6.07, 6.45) is 1.17. The average molecular weight is 234 g/mol. The van der Waals surface area contributed by atoms with E-state index in [1.54, 1.807) is 0 Å². The Labute approximate surface area is 103 Å². The first-order valence-corrected chi connectivity index (χ1v) is 6.33. The topological polar surface area (TPSA) is 47.3 Å². The van der Waals surface area contributed by atoms with Crippen LogP contribution in [-0.2, 0) is 11.3 Å². The molecule has 0 amide bonds. The molecule has 94 valence electrons. The lowest BCUT2D eigenvalue weighted by Crippen LogP contribution is -2.33. The largest absolute Gasteiger partial charge is 0.399 e. The lowest BCUT2D eigenvalue weighted by Gasteiger charge is -2.20. The van der Waals surface area contributed by atoms with E-state index >= 15 is 0 Å². The van der Waals surface area contributed by atoms with Gasteiger partial charge in [0.25, 0.3) is 0 Å². The molecule has 1 fully saturated rings. The highest BCUT2D eigenvalue weighted by atomic mass is 16.5. The molecule has 1 aliphatic heterocycles. The highest BCUT2D eigenvalue weighted by molar-refractivity contribution is 5.49. The van der Waals surface area contributed by atoms with Crippen LogP contribution in [0, 0.1) is 12.8 Å². The molecule has 0 saturated carbocycles. The van der Waals surface area contributed by atoms with Crippen molar-refractivity contribution in [2.45, 2.75) is 32.9 Å². The molecular weight excluding hydrogens is 212 g/mol. The van der Waals surface area contributed by atoms with Crippen LogP contribution in [0.4, 0.5) is 5.69 Å². The number of rotatable bonds is 4. The first-order valence-electron chi connectivity index (χ1n) is 6.33. The van der Waals surface area contributed by atoms with E-state index in [2.05, 4.69) is 25.2 Å². The van der Waals surface area contributed by atoms with E-state index in [0.29, 0.717) is 12.0 Å². The maximum absolute atomic E-state index is 5.90. The minimum absolute atomic E-state index is 0.498. The van der Waals surface area contributed by atoms with Gasteiger partial charge in [0.1, 0.15) is 0 Å². The Bertz CT molecular complexity index is 372. The molecule has 1 aromatic rings. The zero-order valence-corrected chi connectivity index (χ0v) is 10.7. The van der Waals surface area contributed by atoms with Gasteiger partial charge < -0.3 is 15.8 Å².